The molecule has 0 fully saturated rings. The Morgan fingerprint density at radius 2 is 2.06 bits per heavy atom. The van der Waals surface area contributed by atoms with Gasteiger partial charge >= 0.3 is 6.09 Å². The van der Waals surface area contributed by atoms with Gasteiger partial charge in [-0.15, -0.1) is 45.5 Å². The number of nitrogens with zero attached hydrogens (tertiary/aromatic N) is 4. The maximum atomic E-state index is 12.2. The molecule has 9 nitrogen and oxygen atoms in total. The number of guanidine groups is 1. The van der Waals surface area contributed by atoms with Crippen molar-refractivity contribution in [3.05, 3.63) is 34.0 Å². The lowest BCUT2D eigenvalue weighted by atomic mass is 10.1. The SMILES string of the molecule is CCCC(CNC(=NCc1nnc(C)n1C)NCc1cccs1)NC(=O)OC(C)(C)C.I. The first kappa shape index (κ1) is 28.1. The van der Waals surface area contributed by atoms with Crippen molar-refractivity contribution in [3.63, 3.8) is 0 Å². The van der Waals surface area contributed by atoms with E-state index in [0.29, 0.717) is 25.6 Å². The molecule has 180 valence electrons. The first-order valence-corrected chi connectivity index (χ1v) is 11.4. The maximum absolute atomic E-state index is 12.2. The highest BCUT2D eigenvalue weighted by Gasteiger charge is 2.19. The van der Waals surface area contributed by atoms with Gasteiger partial charge in [0.05, 0.1) is 6.54 Å². The van der Waals surface area contributed by atoms with Crippen LogP contribution in [0.3, 0.4) is 0 Å². The second-order valence-corrected chi connectivity index (χ2v) is 9.37. The van der Waals surface area contributed by atoms with Gasteiger partial charge in [0, 0.05) is 24.5 Å². The molecule has 0 aliphatic heterocycles. The molecule has 0 radical (unpaired) electrons. The number of hydrogen-bond acceptors (Lipinski definition) is 6. The van der Waals surface area contributed by atoms with E-state index in [1.165, 1.54) is 4.88 Å². The molecule has 0 saturated heterocycles. The summed E-state index contributed by atoms with van der Waals surface area (Å²) in [6.45, 7) is 11.2. The summed E-state index contributed by atoms with van der Waals surface area (Å²) >= 11 is 1.69. The smallest absolute Gasteiger partial charge is 0.407 e. The van der Waals surface area contributed by atoms with Gasteiger partial charge in [0.25, 0.3) is 0 Å². The monoisotopic (exact) mass is 577 g/mol. The number of aliphatic imine (C=N–C) groups is 1. The van der Waals surface area contributed by atoms with Crippen LogP contribution in [-0.2, 0) is 24.9 Å². The van der Waals surface area contributed by atoms with Crippen molar-refractivity contribution in [2.75, 3.05) is 6.54 Å². The second kappa shape index (κ2) is 13.6. The Kier molecular flexibility index (Phi) is 12.0. The number of carbonyl (C=O) groups is 1. The zero-order chi connectivity index (χ0) is 22.9. The minimum absolute atomic E-state index is 0. The van der Waals surface area contributed by atoms with Crippen LogP contribution in [-0.4, -0.2) is 45.0 Å². The number of ether oxygens (including phenoxy) is 1. The van der Waals surface area contributed by atoms with Crippen molar-refractivity contribution in [1.82, 2.24) is 30.7 Å². The van der Waals surface area contributed by atoms with E-state index in [1.807, 2.05) is 50.8 Å². The number of amides is 1. The largest absolute Gasteiger partial charge is 0.444 e. The highest BCUT2D eigenvalue weighted by atomic mass is 127. The van der Waals surface area contributed by atoms with E-state index in [0.717, 1.165) is 24.5 Å². The lowest BCUT2D eigenvalue weighted by Gasteiger charge is -2.24. The molecule has 1 amide bonds. The first-order chi connectivity index (χ1) is 14.7. The molecule has 1 atom stereocenters. The summed E-state index contributed by atoms with van der Waals surface area (Å²) < 4.78 is 7.32. The van der Waals surface area contributed by atoms with E-state index in [-0.39, 0.29) is 30.0 Å². The summed E-state index contributed by atoms with van der Waals surface area (Å²) in [4.78, 5) is 18.1. The molecule has 0 saturated carbocycles. The number of halogens is 1. The van der Waals surface area contributed by atoms with Crippen molar-refractivity contribution in [1.29, 1.82) is 0 Å². The summed E-state index contributed by atoms with van der Waals surface area (Å²) in [6.07, 6.45) is 1.36. The fourth-order valence-corrected chi connectivity index (χ4v) is 3.41. The molecular weight excluding hydrogens is 541 g/mol. The lowest BCUT2D eigenvalue weighted by molar-refractivity contribution is 0.0502. The Morgan fingerprint density at radius 3 is 2.62 bits per heavy atom. The highest BCUT2D eigenvalue weighted by Crippen LogP contribution is 2.09. The number of hydrogen-bond donors (Lipinski definition) is 3. The summed E-state index contributed by atoms with van der Waals surface area (Å²) in [5.74, 6) is 2.28. The molecule has 2 rings (SSSR count). The third kappa shape index (κ3) is 10.2. The molecular formula is C21H36IN7O2S. The fourth-order valence-electron chi connectivity index (χ4n) is 2.76. The van der Waals surface area contributed by atoms with Crippen LogP contribution in [0, 0.1) is 6.92 Å². The first-order valence-electron chi connectivity index (χ1n) is 10.6. The van der Waals surface area contributed by atoms with Crippen LogP contribution >= 0.6 is 35.3 Å². The Balaban J connectivity index is 0.00000512. The number of aromatic nitrogens is 3. The lowest BCUT2D eigenvalue weighted by Crippen LogP contribution is -2.48. The predicted molar refractivity (Wildman–Crippen MR) is 140 cm³/mol. The number of rotatable bonds is 9. The molecule has 2 heterocycles. The Bertz CT molecular complexity index is 847. The van der Waals surface area contributed by atoms with E-state index >= 15 is 0 Å². The van der Waals surface area contributed by atoms with Crippen molar-refractivity contribution in [2.24, 2.45) is 12.0 Å². The van der Waals surface area contributed by atoms with Gasteiger partial charge in [0.2, 0.25) is 0 Å². The number of aryl methyl sites for hydroxylation is 1. The molecule has 0 bridgehead atoms. The maximum Gasteiger partial charge on any atom is 0.407 e. The van der Waals surface area contributed by atoms with Crippen molar-refractivity contribution < 1.29 is 9.53 Å². The molecule has 2 aromatic rings. The van der Waals surface area contributed by atoms with Crippen LogP contribution in [0.5, 0.6) is 0 Å². The van der Waals surface area contributed by atoms with E-state index < -0.39 is 11.7 Å². The van der Waals surface area contributed by atoms with Crippen molar-refractivity contribution in [2.45, 2.75) is 72.2 Å². The van der Waals surface area contributed by atoms with Crippen LogP contribution < -0.4 is 16.0 Å². The van der Waals surface area contributed by atoms with Gasteiger partial charge < -0.3 is 25.3 Å². The van der Waals surface area contributed by atoms with Crippen molar-refractivity contribution >= 4 is 47.4 Å². The Labute approximate surface area is 211 Å². The summed E-state index contributed by atoms with van der Waals surface area (Å²) in [5.41, 5.74) is -0.530. The molecule has 0 aliphatic carbocycles. The van der Waals surface area contributed by atoms with Crippen molar-refractivity contribution in [3.8, 4) is 0 Å². The van der Waals surface area contributed by atoms with Crippen LogP contribution in [0.4, 0.5) is 4.79 Å². The fraction of sp³-hybridized carbons (Fsp3) is 0.619. The zero-order valence-electron chi connectivity index (χ0n) is 19.8. The van der Waals surface area contributed by atoms with E-state index in [4.69, 9.17) is 4.74 Å². The summed E-state index contributed by atoms with van der Waals surface area (Å²) in [5, 5.41) is 20.0. The zero-order valence-corrected chi connectivity index (χ0v) is 22.9. The standard InChI is InChI=1S/C21H35N7O2S.HI/c1-7-9-16(25-20(29)30-21(3,4)5)12-22-19(23-13-17-10-8-11-31-17)24-14-18-27-26-15(2)28(18)6;/h8,10-11,16H,7,9,12-14H2,1-6H3,(H,25,29)(H2,22,23,24);1H. The number of thiophene rings is 1. The summed E-state index contributed by atoms with van der Waals surface area (Å²) in [7, 11) is 1.92. The third-order valence-corrected chi connectivity index (χ3v) is 5.32. The normalized spacial score (nSPS) is 12.6. The van der Waals surface area contributed by atoms with E-state index in [9.17, 15) is 4.79 Å². The predicted octanol–water partition coefficient (Wildman–Crippen LogP) is 3.73. The summed E-state index contributed by atoms with van der Waals surface area (Å²) in [6, 6.07) is 4.02. The van der Waals surface area contributed by atoms with Gasteiger partial charge in [-0.05, 0) is 45.6 Å². The van der Waals surface area contributed by atoms with Gasteiger partial charge in [-0.3, -0.25) is 0 Å². The van der Waals surface area contributed by atoms with E-state index in [1.54, 1.807) is 11.3 Å². The Morgan fingerprint density at radius 1 is 1.31 bits per heavy atom. The molecule has 0 aromatic carbocycles. The molecule has 2 aromatic heterocycles. The second-order valence-electron chi connectivity index (χ2n) is 8.33. The quantitative estimate of drug-likeness (QED) is 0.238. The average molecular weight is 578 g/mol. The minimum Gasteiger partial charge on any atom is -0.444 e. The van der Waals surface area contributed by atoms with Gasteiger partial charge in [0.15, 0.2) is 11.8 Å². The highest BCUT2D eigenvalue weighted by molar-refractivity contribution is 14.0. The van der Waals surface area contributed by atoms with E-state index in [2.05, 4.69) is 44.1 Å². The number of carbonyl (C=O) groups excluding carboxylic acids is 1. The topological polar surface area (TPSA) is 105 Å². The Hall–Kier alpha value is -1.89. The van der Waals surface area contributed by atoms with Gasteiger partial charge in [-0.1, -0.05) is 19.4 Å². The van der Waals surface area contributed by atoms with Gasteiger partial charge in [-0.25, -0.2) is 9.79 Å². The van der Waals surface area contributed by atoms with Crippen LogP contribution in [0.2, 0.25) is 0 Å². The molecule has 32 heavy (non-hydrogen) atoms. The van der Waals surface area contributed by atoms with Crippen LogP contribution in [0.15, 0.2) is 22.5 Å². The third-order valence-electron chi connectivity index (χ3n) is 4.45. The van der Waals surface area contributed by atoms with Crippen LogP contribution in [0.25, 0.3) is 0 Å². The molecule has 3 N–H and O–H groups in total. The number of alkyl carbamates (subject to hydrolysis) is 1. The molecule has 0 spiro atoms. The van der Waals surface area contributed by atoms with Crippen LogP contribution in [0.1, 0.15) is 57.1 Å². The van der Waals surface area contributed by atoms with Gasteiger partial charge in [-0.2, -0.15) is 0 Å². The van der Waals surface area contributed by atoms with Gasteiger partial charge in [0.1, 0.15) is 18.0 Å². The average Bonchev–Trinajstić information content (AvgIpc) is 3.31. The molecule has 0 aliphatic rings. The molecule has 11 heteroatoms. The molecule has 1 unspecified atom stereocenters. The minimum atomic E-state index is -0.530. The number of nitrogens with one attached hydrogen (secondary N) is 3.